The van der Waals surface area contributed by atoms with Crippen LogP contribution in [0.3, 0.4) is 0 Å². The van der Waals surface area contributed by atoms with E-state index in [1.807, 2.05) is 6.07 Å². The minimum absolute atomic E-state index is 0.751. The van der Waals surface area contributed by atoms with Gasteiger partial charge < -0.3 is 9.84 Å². The smallest absolute Gasteiger partial charge is 0.124 e. The topological polar surface area (TPSA) is 38.1 Å². The van der Waals surface area contributed by atoms with E-state index in [9.17, 15) is 0 Å². The lowest BCUT2D eigenvalue weighted by molar-refractivity contribution is 0.408. The zero-order chi connectivity index (χ0) is 8.65. The second kappa shape index (κ2) is 5.39. The summed E-state index contributed by atoms with van der Waals surface area (Å²) >= 11 is 0. The predicted octanol–water partition coefficient (Wildman–Crippen LogP) is 1.18. The number of terminal acetylenes is 1. The molecule has 64 valence electrons. The van der Waals surface area contributed by atoms with Crippen molar-refractivity contribution in [2.45, 2.75) is 19.4 Å². The second-order valence-corrected chi connectivity index (χ2v) is 2.48. The lowest BCUT2D eigenvalue weighted by atomic mass is 10.3. The summed E-state index contributed by atoms with van der Waals surface area (Å²) in [4.78, 5) is 0. The highest BCUT2D eigenvalue weighted by atomic mass is 16.5. The molecule has 0 saturated heterocycles. The Morgan fingerprint density at radius 2 is 2.58 bits per heavy atom. The van der Waals surface area contributed by atoms with Crippen LogP contribution in [0.2, 0.25) is 0 Å². The zero-order valence-corrected chi connectivity index (χ0v) is 6.92. The summed E-state index contributed by atoms with van der Waals surface area (Å²) in [7, 11) is 0. The highest BCUT2D eigenvalue weighted by Gasteiger charge is 1.93. The van der Waals surface area contributed by atoms with Crippen LogP contribution in [-0.2, 0) is 6.54 Å². The van der Waals surface area contributed by atoms with Gasteiger partial charge in [-0.1, -0.05) is 5.16 Å². The average molecular weight is 164 g/mol. The van der Waals surface area contributed by atoms with E-state index in [4.69, 9.17) is 6.42 Å². The Balaban J connectivity index is 2.01. The molecule has 0 aromatic carbocycles. The quantitative estimate of drug-likeness (QED) is 0.524. The van der Waals surface area contributed by atoms with E-state index in [-0.39, 0.29) is 0 Å². The third-order valence-corrected chi connectivity index (χ3v) is 1.47. The Labute approximate surface area is 72.1 Å². The van der Waals surface area contributed by atoms with E-state index in [1.165, 1.54) is 0 Å². The number of rotatable bonds is 5. The Kier molecular flexibility index (Phi) is 3.96. The summed E-state index contributed by atoms with van der Waals surface area (Å²) in [5.74, 6) is 2.59. The lowest BCUT2D eigenvalue weighted by Gasteiger charge is -1.98. The van der Waals surface area contributed by atoms with E-state index in [2.05, 4.69) is 20.9 Å². The van der Waals surface area contributed by atoms with Gasteiger partial charge in [0.25, 0.3) is 0 Å². The molecule has 0 spiro atoms. The molecule has 3 nitrogen and oxygen atoms in total. The third-order valence-electron chi connectivity index (χ3n) is 1.47. The van der Waals surface area contributed by atoms with Crippen LogP contribution in [0.5, 0.6) is 0 Å². The molecule has 0 bridgehead atoms. The molecule has 0 unspecified atom stereocenters. The van der Waals surface area contributed by atoms with Gasteiger partial charge in [0.05, 0.1) is 5.69 Å². The van der Waals surface area contributed by atoms with Gasteiger partial charge in [-0.3, -0.25) is 0 Å². The molecule has 0 atom stereocenters. The predicted molar refractivity (Wildman–Crippen MR) is 46.3 cm³/mol. The molecule has 0 amide bonds. The van der Waals surface area contributed by atoms with Crippen molar-refractivity contribution >= 4 is 0 Å². The van der Waals surface area contributed by atoms with Gasteiger partial charge in [-0.25, -0.2) is 0 Å². The maximum atomic E-state index is 5.10. The Hall–Kier alpha value is -1.27. The number of unbranched alkanes of at least 4 members (excludes halogenated alkanes) is 1. The van der Waals surface area contributed by atoms with E-state index in [1.54, 1.807) is 6.26 Å². The minimum Gasteiger partial charge on any atom is -0.364 e. The van der Waals surface area contributed by atoms with Gasteiger partial charge in [0, 0.05) is 19.0 Å². The Bertz CT molecular complexity index is 236. The molecular weight excluding hydrogens is 152 g/mol. The normalized spacial score (nSPS) is 9.58. The van der Waals surface area contributed by atoms with Gasteiger partial charge in [0.2, 0.25) is 0 Å². The molecule has 1 aromatic rings. The molecule has 1 N–H and O–H groups in total. The van der Waals surface area contributed by atoms with Crippen molar-refractivity contribution in [3.63, 3.8) is 0 Å². The van der Waals surface area contributed by atoms with Crippen LogP contribution in [0.4, 0.5) is 0 Å². The van der Waals surface area contributed by atoms with Gasteiger partial charge in [-0.05, 0) is 13.0 Å². The fourth-order valence-electron chi connectivity index (χ4n) is 0.861. The highest BCUT2D eigenvalue weighted by Crippen LogP contribution is 1.93. The molecule has 0 saturated carbocycles. The van der Waals surface area contributed by atoms with Crippen molar-refractivity contribution in [2.75, 3.05) is 6.54 Å². The fraction of sp³-hybridized carbons (Fsp3) is 0.444. The molecule has 1 aromatic heterocycles. The van der Waals surface area contributed by atoms with E-state index in [0.29, 0.717) is 0 Å². The van der Waals surface area contributed by atoms with Crippen LogP contribution < -0.4 is 5.32 Å². The van der Waals surface area contributed by atoms with Crippen molar-refractivity contribution in [1.29, 1.82) is 0 Å². The van der Waals surface area contributed by atoms with Gasteiger partial charge in [0.1, 0.15) is 6.26 Å². The molecule has 0 aliphatic rings. The Morgan fingerprint density at radius 1 is 1.67 bits per heavy atom. The standard InChI is InChI=1S/C9H12N2O/c1-2-3-4-6-10-8-9-5-7-12-11-9/h1,5,7,10H,3-4,6,8H2. The van der Waals surface area contributed by atoms with E-state index in [0.717, 1.165) is 31.6 Å². The molecule has 0 fully saturated rings. The number of aromatic nitrogens is 1. The van der Waals surface area contributed by atoms with Crippen molar-refractivity contribution in [3.05, 3.63) is 18.0 Å². The van der Waals surface area contributed by atoms with Crippen LogP contribution in [0, 0.1) is 12.3 Å². The van der Waals surface area contributed by atoms with E-state index < -0.39 is 0 Å². The molecule has 0 aliphatic carbocycles. The first-order valence-electron chi connectivity index (χ1n) is 3.97. The summed E-state index contributed by atoms with van der Waals surface area (Å²) in [6.45, 7) is 1.68. The van der Waals surface area contributed by atoms with Crippen molar-refractivity contribution in [1.82, 2.24) is 10.5 Å². The molecule has 12 heavy (non-hydrogen) atoms. The Morgan fingerprint density at radius 3 is 3.25 bits per heavy atom. The van der Waals surface area contributed by atoms with Crippen LogP contribution in [0.25, 0.3) is 0 Å². The molecule has 1 heterocycles. The molecule has 3 heteroatoms. The lowest BCUT2D eigenvalue weighted by Crippen LogP contribution is -2.14. The first kappa shape index (κ1) is 8.82. The monoisotopic (exact) mass is 164 g/mol. The maximum absolute atomic E-state index is 5.10. The minimum atomic E-state index is 0.751. The van der Waals surface area contributed by atoms with Gasteiger partial charge in [0.15, 0.2) is 0 Å². The summed E-state index contributed by atoms with van der Waals surface area (Å²) < 4.78 is 4.67. The van der Waals surface area contributed by atoms with Crippen molar-refractivity contribution in [3.8, 4) is 12.3 Å². The molecule has 0 aliphatic heterocycles. The first-order chi connectivity index (χ1) is 5.93. The largest absolute Gasteiger partial charge is 0.364 e. The van der Waals surface area contributed by atoms with Gasteiger partial charge in [-0.2, -0.15) is 0 Å². The maximum Gasteiger partial charge on any atom is 0.124 e. The molecule has 1 rings (SSSR count). The summed E-state index contributed by atoms with van der Waals surface area (Å²) in [6, 6.07) is 1.84. The molecular formula is C9H12N2O. The zero-order valence-electron chi connectivity index (χ0n) is 6.92. The SMILES string of the molecule is C#CCCCNCc1ccon1. The average Bonchev–Trinajstić information content (AvgIpc) is 2.57. The summed E-state index contributed by atoms with van der Waals surface area (Å²) in [6.07, 6.45) is 8.50. The number of hydrogen-bond donors (Lipinski definition) is 1. The van der Waals surface area contributed by atoms with Gasteiger partial charge >= 0.3 is 0 Å². The van der Waals surface area contributed by atoms with E-state index >= 15 is 0 Å². The van der Waals surface area contributed by atoms with Crippen molar-refractivity contribution < 1.29 is 4.52 Å². The molecule has 0 radical (unpaired) electrons. The fourth-order valence-corrected chi connectivity index (χ4v) is 0.861. The van der Waals surface area contributed by atoms with Crippen LogP contribution in [0.1, 0.15) is 18.5 Å². The second-order valence-electron chi connectivity index (χ2n) is 2.48. The third kappa shape index (κ3) is 3.22. The number of nitrogens with zero attached hydrogens (tertiary/aromatic N) is 1. The van der Waals surface area contributed by atoms with Crippen LogP contribution >= 0.6 is 0 Å². The van der Waals surface area contributed by atoms with Gasteiger partial charge in [-0.15, -0.1) is 12.3 Å². The van der Waals surface area contributed by atoms with Crippen molar-refractivity contribution in [2.24, 2.45) is 0 Å². The first-order valence-corrected chi connectivity index (χ1v) is 3.97. The summed E-state index contributed by atoms with van der Waals surface area (Å²) in [5.41, 5.74) is 0.927. The van der Waals surface area contributed by atoms with Crippen LogP contribution in [-0.4, -0.2) is 11.7 Å². The summed E-state index contributed by atoms with van der Waals surface area (Å²) in [5, 5.41) is 6.96. The highest BCUT2D eigenvalue weighted by molar-refractivity contribution is 4.94. The number of nitrogens with one attached hydrogen (secondary N) is 1. The number of hydrogen-bond acceptors (Lipinski definition) is 3. The van der Waals surface area contributed by atoms with Crippen LogP contribution in [0.15, 0.2) is 16.9 Å².